The van der Waals surface area contributed by atoms with Gasteiger partial charge in [0.2, 0.25) is 11.6 Å². The molecule has 0 aliphatic rings. The molecule has 2 aromatic heterocycles. The minimum Gasteiger partial charge on any atom is -0.294 e. The fourth-order valence-corrected chi connectivity index (χ4v) is 3.34. The van der Waals surface area contributed by atoms with Gasteiger partial charge >= 0.3 is 18.5 Å². The summed E-state index contributed by atoms with van der Waals surface area (Å²) in [5, 5.41) is 10.6. The van der Waals surface area contributed by atoms with Crippen LogP contribution in [0, 0.1) is 35.8 Å². The molecule has 0 unspecified atom stereocenters. The Labute approximate surface area is 200 Å². The second-order valence-corrected chi connectivity index (χ2v) is 7.36. The standard InChI is InChI=1S/C20H6F12N4O2/c1-5-10(14(37)6-2-8(18(24,25)26)7(4-33)9(3-6)19(27,28)29)17(38)36(35-5)13-11(21)15(20(30,31)32)34-16(23)12(13)22/h2-3,35H,1H3. The van der Waals surface area contributed by atoms with Crippen LogP contribution in [0.3, 0.4) is 0 Å². The Morgan fingerprint density at radius 3 is 1.84 bits per heavy atom. The van der Waals surface area contributed by atoms with Crippen molar-refractivity contribution in [1.82, 2.24) is 14.8 Å². The summed E-state index contributed by atoms with van der Waals surface area (Å²) in [6, 6.07) is 0.341. The predicted molar refractivity (Wildman–Crippen MR) is 98.4 cm³/mol. The zero-order valence-corrected chi connectivity index (χ0v) is 17.8. The molecule has 0 fully saturated rings. The highest BCUT2D eigenvalue weighted by molar-refractivity contribution is 6.10. The number of carbonyl (C=O) groups is 1. The lowest BCUT2D eigenvalue weighted by molar-refractivity contribution is -0.145. The van der Waals surface area contributed by atoms with Gasteiger partial charge in [-0.15, -0.1) is 0 Å². The number of benzene rings is 1. The molecule has 6 nitrogen and oxygen atoms in total. The van der Waals surface area contributed by atoms with Gasteiger partial charge in [0.1, 0.15) is 17.3 Å². The minimum atomic E-state index is -5.71. The van der Waals surface area contributed by atoms with Gasteiger partial charge in [-0.05, 0) is 19.1 Å². The second kappa shape index (κ2) is 8.92. The molecule has 0 atom stereocenters. The summed E-state index contributed by atoms with van der Waals surface area (Å²) in [6.45, 7) is 0.752. The maximum Gasteiger partial charge on any atom is 0.436 e. The summed E-state index contributed by atoms with van der Waals surface area (Å²) in [6.07, 6.45) is -16.9. The van der Waals surface area contributed by atoms with Crippen molar-refractivity contribution in [3.05, 3.63) is 79.3 Å². The molecular formula is C20H6F12N4O2. The van der Waals surface area contributed by atoms with Crippen LogP contribution in [-0.4, -0.2) is 20.5 Å². The van der Waals surface area contributed by atoms with E-state index in [4.69, 9.17) is 5.26 Å². The summed E-state index contributed by atoms with van der Waals surface area (Å²) in [7, 11) is 0. The van der Waals surface area contributed by atoms with E-state index < -0.39 is 97.0 Å². The normalized spacial score (nSPS) is 12.5. The average molecular weight is 562 g/mol. The first-order valence-electron chi connectivity index (χ1n) is 9.42. The third-order valence-corrected chi connectivity index (χ3v) is 4.93. The number of aryl methyl sites for hydroxylation is 1. The SMILES string of the molecule is Cc1[nH]n(-c2c(F)c(F)nc(C(F)(F)F)c2F)c(=O)c1C(=O)c1cc(C(F)(F)F)c(C#N)c(C(F)(F)F)c1. The molecular weight excluding hydrogens is 556 g/mol. The number of carbonyl (C=O) groups excluding carboxylic acids is 1. The van der Waals surface area contributed by atoms with E-state index in [1.165, 1.54) is 0 Å². The third kappa shape index (κ3) is 4.70. The van der Waals surface area contributed by atoms with Gasteiger partial charge in [0.05, 0.1) is 16.7 Å². The number of pyridine rings is 1. The van der Waals surface area contributed by atoms with Crippen molar-refractivity contribution in [2.75, 3.05) is 0 Å². The third-order valence-electron chi connectivity index (χ3n) is 4.93. The Bertz CT molecular complexity index is 1530. The van der Waals surface area contributed by atoms with E-state index in [0.717, 1.165) is 13.0 Å². The Morgan fingerprint density at radius 1 is 0.921 bits per heavy atom. The van der Waals surface area contributed by atoms with Gasteiger partial charge in [0, 0.05) is 11.3 Å². The molecule has 0 bridgehead atoms. The first kappa shape index (κ1) is 28.3. The van der Waals surface area contributed by atoms with Gasteiger partial charge in [-0.2, -0.15) is 53.6 Å². The fourth-order valence-electron chi connectivity index (χ4n) is 3.34. The zero-order valence-electron chi connectivity index (χ0n) is 17.8. The van der Waals surface area contributed by atoms with Crippen LogP contribution in [0.5, 0.6) is 0 Å². The van der Waals surface area contributed by atoms with E-state index in [9.17, 15) is 62.3 Å². The summed E-state index contributed by atoms with van der Waals surface area (Å²) < 4.78 is 161. The topological polar surface area (TPSA) is 91.5 Å². The molecule has 2 heterocycles. The molecule has 0 aliphatic carbocycles. The molecule has 0 spiro atoms. The van der Waals surface area contributed by atoms with Gasteiger partial charge in [0.25, 0.3) is 11.5 Å². The van der Waals surface area contributed by atoms with E-state index in [-0.39, 0.29) is 12.1 Å². The lowest BCUT2D eigenvalue weighted by Gasteiger charge is -2.16. The molecule has 1 N–H and O–H groups in total. The minimum absolute atomic E-state index is 0.193. The number of aromatic nitrogens is 3. The molecule has 18 heteroatoms. The van der Waals surface area contributed by atoms with Gasteiger partial charge in [-0.25, -0.2) is 14.1 Å². The van der Waals surface area contributed by atoms with Gasteiger partial charge in [-0.1, -0.05) is 0 Å². The summed E-state index contributed by atoms with van der Waals surface area (Å²) >= 11 is 0. The van der Waals surface area contributed by atoms with E-state index >= 15 is 0 Å². The molecule has 0 saturated heterocycles. The van der Waals surface area contributed by atoms with Gasteiger partial charge in [-0.3, -0.25) is 14.7 Å². The predicted octanol–water partition coefficient (Wildman–Crippen LogP) is 5.45. The smallest absolute Gasteiger partial charge is 0.294 e. The van der Waals surface area contributed by atoms with E-state index in [1.807, 2.05) is 0 Å². The number of nitrogens with zero attached hydrogens (tertiary/aromatic N) is 3. The lowest BCUT2D eigenvalue weighted by Crippen LogP contribution is -2.26. The number of nitrogens with one attached hydrogen (secondary N) is 1. The summed E-state index contributed by atoms with van der Waals surface area (Å²) in [5.41, 5.74) is -16.6. The number of rotatable bonds is 3. The molecule has 202 valence electrons. The number of hydrogen-bond acceptors (Lipinski definition) is 4. The van der Waals surface area contributed by atoms with Crippen molar-refractivity contribution >= 4 is 5.78 Å². The monoisotopic (exact) mass is 562 g/mol. The molecule has 3 aromatic rings. The van der Waals surface area contributed by atoms with E-state index in [0.29, 0.717) is 0 Å². The lowest BCUT2D eigenvalue weighted by atomic mass is 9.93. The van der Waals surface area contributed by atoms with Crippen LogP contribution >= 0.6 is 0 Å². The number of halogens is 12. The van der Waals surface area contributed by atoms with Crippen molar-refractivity contribution in [2.45, 2.75) is 25.5 Å². The number of hydrogen-bond donors (Lipinski definition) is 1. The van der Waals surface area contributed by atoms with Crippen LogP contribution in [-0.2, 0) is 18.5 Å². The fraction of sp³-hybridized carbons (Fsp3) is 0.200. The Kier molecular flexibility index (Phi) is 6.64. The zero-order chi connectivity index (χ0) is 29.1. The van der Waals surface area contributed by atoms with Crippen LogP contribution in [0.25, 0.3) is 5.69 Å². The van der Waals surface area contributed by atoms with Gasteiger partial charge in [0.15, 0.2) is 11.5 Å². The maximum absolute atomic E-state index is 14.5. The van der Waals surface area contributed by atoms with Gasteiger partial charge < -0.3 is 0 Å². The van der Waals surface area contributed by atoms with Crippen LogP contribution in [0.2, 0.25) is 0 Å². The number of nitriles is 1. The van der Waals surface area contributed by atoms with Crippen LogP contribution in [0.15, 0.2) is 16.9 Å². The molecule has 3 rings (SSSR count). The average Bonchev–Trinajstić information content (AvgIpc) is 3.06. The van der Waals surface area contributed by atoms with Crippen molar-refractivity contribution in [3.63, 3.8) is 0 Å². The Balaban J connectivity index is 2.34. The summed E-state index contributed by atoms with van der Waals surface area (Å²) in [5.74, 6) is -9.52. The van der Waals surface area contributed by atoms with Crippen molar-refractivity contribution in [1.29, 1.82) is 5.26 Å². The molecule has 0 radical (unpaired) electrons. The largest absolute Gasteiger partial charge is 0.436 e. The van der Waals surface area contributed by atoms with Crippen LogP contribution < -0.4 is 5.56 Å². The highest BCUT2D eigenvalue weighted by Gasteiger charge is 2.43. The van der Waals surface area contributed by atoms with Crippen molar-refractivity contribution in [3.8, 4) is 11.8 Å². The quantitative estimate of drug-likeness (QED) is 0.261. The highest BCUT2D eigenvalue weighted by Crippen LogP contribution is 2.40. The Hall–Kier alpha value is -4.30. The second-order valence-electron chi connectivity index (χ2n) is 7.36. The van der Waals surface area contributed by atoms with Crippen LogP contribution in [0.1, 0.15) is 44.0 Å². The molecule has 0 saturated carbocycles. The first-order valence-corrected chi connectivity index (χ1v) is 9.42. The maximum atomic E-state index is 14.5. The van der Waals surface area contributed by atoms with Crippen molar-refractivity contribution < 1.29 is 57.5 Å². The van der Waals surface area contributed by atoms with Crippen molar-refractivity contribution in [2.24, 2.45) is 0 Å². The molecule has 38 heavy (non-hydrogen) atoms. The van der Waals surface area contributed by atoms with E-state index in [1.54, 1.807) is 5.10 Å². The molecule has 1 aromatic carbocycles. The molecule has 0 amide bonds. The first-order chi connectivity index (χ1) is 17.2. The highest BCUT2D eigenvalue weighted by atomic mass is 19.4. The van der Waals surface area contributed by atoms with Crippen LogP contribution in [0.4, 0.5) is 52.7 Å². The van der Waals surface area contributed by atoms with E-state index in [2.05, 4.69) is 4.98 Å². The number of alkyl halides is 9. The number of H-pyrrole nitrogens is 1. The molecule has 0 aliphatic heterocycles. The Morgan fingerprint density at radius 2 is 1.42 bits per heavy atom. The summed E-state index contributed by atoms with van der Waals surface area (Å²) in [4.78, 5) is 27.6. The number of ketones is 1. The number of aromatic amines is 1.